The molecule has 11 heteroatoms. The average molecular weight is 509 g/mol. The molecular formula is C25H25F6N5. The molecule has 0 saturated carbocycles. The molecule has 2 aliphatic heterocycles. The lowest BCUT2D eigenvalue weighted by atomic mass is 9.95. The summed E-state index contributed by atoms with van der Waals surface area (Å²) in [6, 6.07) is 8.30. The van der Waals surface area contributed by atoms with Crippen LogP contribution in [0.3, 0.4) is 0 Å². The van der Waals surface area contributed by atoms with Gasteiger partial charge in [0.25, 0.3) is 0 Å². The minimum atomic E-state index is -4.60. The van der Waals surface area contributed by atoms with Crippen LogP contribution in [0.15, 0.2) is 53.5 Å². The molecule has 1 atom stereocenters. The Hall–Kier alpha value is -3.50. The summed E-state index contributed by atoms with van der Waals surface area (Å²) < 4.78 is 80.1. The van der Waals surface area contributed by atoms with Crippen molar-refractivity contribution in [2.24, 2.45) is 10.7 Å². The highest BCUT2D eigenvalue weighted by Gasteiger charge is 2.35. The molecule has 1 saturated heterocycles. The zero-order valence-corrected chi connectivity index (χ0v) is 19.2. The van der Waals surface area contributed by atoms with Gasteiger partial charge >= 0.3 is 12.4 Å². The molecule has 2 aliphatic rings. The van der Waals surface area contributed by atoms with E-state index < -0.39 is 23.5 Å². The van der Waals surface area contributed by atoms with Crippen molar-refractivity contribution in [3.8, 4) is 0 Å². The van der Waals surface area contributed by atoms with E-state index in [1.807, 2.05) is 0 Å². The van der Waals surface area contributed by atoms with Crippen LogP contribution in [-0.2, 0) is 25.2 Å². The maximum absolute atomic E-state index is 13.9. The topological polar surface area (TPSA) is 77.5 Å². The summed E-state index contributed by atoms with van der Waals surface area (Å²) in [7, 11) is 0. The third-order valence-corrected chi connectivity index (χ3v) is 6.39. The minimum absolute atomic E-state index is 0.0231. The van der Waals surface area contributed by atoms with Crippen LogP contribution in [0.2, 0.25) is 0 Å². The zero-order valence-electron chi connectivity index (χ0n) is 19.2. The Balaban J connectivity index is 1.51. The molecular weight excluding hydrogens is 484 g/mol. The highest BCUT2D eigenvalue weighted by atomic mass is 19.4. The van der Waals surface area contributed by atoms with Crippen LogP contribution in [0.5, 0.6) is 0 Å². The summed E-state index contributed by atoms with van der Waals surface area (Å²) in [5.74, 6) is 0.495. The van der Waals surface area contributed by atoms with E-state index in [1.54, 1.807) is 17.0 Å². The fourth-order valence-electron chi connectivity index (χ4n) is 4.55. The van der Waals surface area contributed by atoms with Gasteiger partial charge in [0.05, 0.1) is 23.7 Å². The van der Waals surface area contributed by atoms with Crippen LogP contribution in [0, 0.1) is 5.41 Å². The van der Waals surface area contributed by atoms with Gasteiger partial charge in [-0.05, 0) is 66.6 Å². The molecule has 4 N–H and O–H groups in total. The summed E-state index contributed by atoms with van der Waals surface area (Å²) in [5, 5.41) is 10.9. The number of aryl methyl sites for hydroxylation is 2. The van der Waals surface area contributed by atoms with Crippen LogP contribution in [0.1, 0.15) is 40.7 Å². The van der Waals surface area contributed by atoms with Crippen molar-refractivity contribution in [2.45, 2.75) is 44.1 Å². The van der Waals surface area contributed by atoms with Crippen molar-refractivity contribution in [1.82, 2.24) is 10.2 Å². The number of nitrogens with zero attached hydrogens (tertiary/aromatic N) is 2. The first-order valence-electron chi connectivity index (χ1n) is 11.4. The molecule has 0 radical (unpaired) electrons. The van der Waals surface area contributed by atoms with Gasteiger partial charge in [0.1, 0.15) is 5.84 Å². The van der Waals surface area contributed by atoms with Crippen LogP contribution >= 0.6 is 0 Å². The lowest BCUT2D eigenvalue weighted by Crippen LogP contribution is -2.48. The third kappa shape index (κ3) is 5.66. The number of nitrogens with two attached hydrogens (primary N) is 1. The summed E-state index contributed by atoms with van der Waals surface area (Å²) in [5.41, 5.74) is 5.50. The first kappa shape index (κ1) is 25.6. The lowest BCUT2D eigenvalue weighted by molar-refractivity contribution is -0.138. The van der Waals surface area contributed by atoms with Gasteiger partial charge in [0, 0.05) is 12.2 Å². The Bertz CT molecular complexity index is 1180. The van der Waals surface area contributed by atoms with E-state index in [-0.39, 0.29) is 37.0 Å². The summed E-state index contributed by atoms with van der Waals surface area (Å²) in [4.78, 5) is 6.14. The molecule has 4 rings (SSSR count). The predicted molar refractivity (Wildman–Crippen MR) is 125 cm³/mol. The number of halogens is 6. The molecule has 0 aliphatic carbocycles. The van der Waals surface area contributed by atoms with Gasteiger partial charge in [-0.2, -0.15) is 26.3 Å². The molecule has 0 spiro atoms. The van der Waals surface area contributed by atoms with Crippen LogP contribution in [0.25, 0.3) is 5.70 Å². The molecule has 0 bridgehead atoms. The Kier molecular flexibility index (Phi) is 7.01. The van der Waals surface area contributed by atoms with E-state index in [9.17, 15) is 26.3 Å². The highest BCUT2D eigenvalue weighted by Crippen LogP contribution is 2.35. The normalized spacial score (nSPS) is 18.5. The van der Waals surface area contributed by atoms with Crippen molar-refractivity contribution in [3.63, 3.8) is 0 Å². The van der Waals surface area contributed by atoms with Crippen molar-refractivity contribution >= 4 is 17.5 Å². The first-order valence-corrected chi connectivity index (χ1v) is 11.4. The van der Waals surface area contributed by atoms with E-state index in [4.69, 9.17) is 11.1 Å². The molecule has 1 fully saturated rings. The van der Waals surface area contributed by atoms with Crippen molar-refractivity contribution < 1.29 is 26.3 Å². The molecule has 2 aromatic carbocycles. The van der Waals surface area contributed by atoms with Crippen molar-refractivity contribution in [1.29, 1.82) is 5.41 Å². The van der Waals surface area contributed by atoms with E-state index >= 15 is 0 Å². The van der Waals surface area contributed by atoms with Gasteiger partial charge in [-0.1, -0.05) is 24.3 Å². The molecule has 2 heterocycles. The number of benzene rings is 2. The molecule has 5 nitrogen and oxygen atoms in total. The van der Waals surface area contributed by atoms with Gasteiger partial charge in [0.2, 0.25) is 0 Å². The van der Waals surface area contributed by atoms with Crippen LogP contribution in [0.4, 0.5) is 26.3 Å². The molecule has 0 aromatic heterocycles. The van der Waals surface area contributed by atoms with E-state index in [0.29, 0.717) is 29.2 Å². The Morgan fingerprint density at radius 3 is 2.39 bits per heavy atom. The standard InChI is InChI=1S/C25H25F6N5/c26-24(27,28)18-9-4-15(5-10-18)3-6-16-7-8-17(14-19(16)25(29,30)31)20-11-12-34-22(35-20)21-2-1-13-36(21)23(32)33/h4-5,7-11,14,21H,1-3,6,12-13H2,(H3,32,33)(H,34,35). The van der Waals surface area contributed by atoms with Gasteiger partial charge in [0.15, 0.2) is 5.96 Å². The first-order chi connectivity index (χ1) is 16.9. The number of aliphatic imine (C=N–C) groups is 1. The second-order valence-corrected chi connectivity index (χ2v) is 8.77. The molecule has 1 unspecified atom stereocenters. The third-order valence-electron chi connectivity index (χ3n) is 6.39. The number of hydrogen-bond acceptors (Lipinski definition) is 3. The van der Waals surface area contributed by atoms with E-state index in [2.05, 4.69) is 10.3 Å². The molecule has 36 heavy (non-hydrogen) atoms. The number of guanidine groups is 1. The summed E-state index contributed by atoms with van der Waals surface area (Å²) in [6.07, 6.45) is -5.61. The minimum Gasteiger partial charge on any atom is -0.370 e. The SMILES string of the molecule is N=C(N)N1CCCC1C1=NCC=C(c2ccc(CCc3ccc(C(F)(F)F)cc3)c(C(F)(F)F)c2)N1. The number of rotatable bonds is 5. The Morgan fingerprint density at radius 1 is 1.03 bits per heavy atom. The second-order valence-electron chi connectivity index (χ2n) is 8.77. The lowest BCUT2D eigenvalue weighted by Gasteiger charge is -2.29. The molecule has 2 aromatic rings. The van der Waals surface area contributed by atoms with Crippen molar-refractivity contribution in [2.75, 3.05) is 13.1 Å². The average Bonchev–Trinajstić information content (AvgIpc) is 3.32. The number of likely N-dealkylation sites (tertiary alicyclic amines) is 1. The van der Waals surface area contributed by atoms with Gasteiger partial charge < -0.3 is 16.0 Å². The van der Waals surface area contributed by atoms with Crippen LogP contribution < -0.4 is 11.1 Å². The molecule has 192 valence electrons. The highest BCUT2D eigenvalue weighted by molar-refractivity contribution is 5.98. The summed E-state index contributed by atoms with van der Waals surface area (Å²) in [6.45, 7) is 0.905. The van der Waals surface area contributed by atoms with Gasteiger partial charge in [-0.3, -0.25) is 10.4 Å². The smallest absolute Gasteiger partial charge is 0.370 e. The van der Waals surface area contributed by atoms with Gasteiger partial charge in [-0.15, -0.1) is 0 Å². The van der Waals surface area contributed by atoms with Crippen LogP contribution in [-0.4, -0.2) is 35.8 Å². The van der Waals surface area contributed by atoms with Gasteiger partial charge in [-0.25, -0.2) is 0 Å². The van der Waals surface area contributed by atoms with E-state index in [1.165, 1.54) is 18.2 Å². The monoisotopic (exact) mass is 509 g/mol. The quantitative estimate of drug-likeness (QED) is 0.294. The van der Waals surface area contributed by atoms with Crippen molar-refractivity contribution in [3.05, 3.63) is 76.4 Å². The molecule has 0 amide bonds. The summed E-state index contributed by atoms with van der Waals surface area (Å²) >= 11 is 0. The zero-order chi connectivity index (χ0) is 26.1. The number of amidine groups is 1. The number of nitrogens with one attached hydrogen (secondary N) is 2. The fraction of sp³-hybridized carbons (Fsp3) is 0.360. The number of hydrogen-bond donors (Lipinski definition) is 3. The number of alkyl halides is 6. The second kappa shape index (κ2) is 9.87. The Labute approximate surface area is 204 Å². The Morgan fingerprint density at radius 2 is 1.75 bits per heavy atom. The predicted octanol–water partition coefficient (Wildman–Crippen LogP) is 5.21. The van der Waals surface area contributed by atoms with E-state index in [0.717, 1.165) is 31.0 Å². The largest absolute Gasteiger partial charge is 0.416 e. The maximum Gasteiger partial charge on any atom is 0.416 e. The fourth-order valence-corrected chi connectivity index (χ4v) is 4.55. The maximum atomic E-state index is 13.9.